The van der Waals surface area contributed by atoms with E-state index < -0.39 is 0 Å². The van der Waals surface area contributed by atoms with Crippen LogP contribution in [0.5, 0.6) is 5.75 Å². The van der Waals surface area contributed by atoms with Gasteiger partial charge in [-0.15, -0.1) is 0 Å². The highest BCUT2D eigenvalue weighted by Gasteiger charge is 2.11. The topological polar surface area (TPSA) is 48.1 Å². The molecule has 0 aliphatic heterocycles. The third-order valence-electron chi connectivity index (χ3n) is 3.06. The number of fused-ring (bicyclic) bond motifs is 1. The van der Waals surface area contributed by atoms with Gasteiger partial charge in [0.05, 0.1) is 6.10 Å². The Kier molecular flexibility index (Phi) is 3.18. The van der Waals surface area contributed by atoms with Crippen molar-refractivity contribution in [3.05, 3.63) is 30.6 Å². The molecule has 0 bridgehead atoms. The van der Waals surface area contributed by atoms with Gasteiger partial charge in [-0.05, 0) is 31.0 Å². The lowest BCUT2D eigenvalue weighted by atomic mass is 10.1. The monoisotopic (exact) mass is 230 g/mol. The Hall–Kier alpha value is -1.77. The highest BCUT2D eigenvalue weighted by molar-refractivity contribution is 5.96. The summed E-state index contributed by atoms with van der Waals surface area (Å²) in [7, 11) is 0. The smallest absolute Gasteiger partial charge is 0.127 e. The number of pyridine rings is 1. The molecule has 2 aromatic rings. The predicted octanol–water partition coefficient (Wildman–Crippen LogP) is 3.24. The van der Waals surface area contributed by atoms with E-state index in [1.165, 1.54) is 0 Å². The van der Waals surface area contributed by atoms with E-state index in [4.69, 9.17) is 10.5 Å². The van der Waals surface area contributed by atoms with E-state index in [1.54, 1.807) is 12.4 Å². The lowest BCUT2D eigenvalue weighted by Gasteiger charge is -2.19. The molecule has 2 N–H and O–H groups in total. The van der Waals surface area contributed by atoms with E-state index in [9.17, 15) is 0 Å². The summed E-state index contributed by atoms with van der Waals surface area (Å²) in [6.45, 7) is 6.37. The van der Waals surface area contributed by atoms with Gasteiger partial charge in [0.1, 0.15) is 5.75 Å². The molecule has 0 aliphatic rings. The number of benzene rings is 1. The molecule has 0 saturated carbocycles. The van der Waals surface area contributed by atoms with Crippen molar-refractivity contribution >= 4 is 16.5 Å². The largest absolute Gasteiger partial charge is 0.490 e. The van der Waals surface area contributed by atoms with E-state index in [0.29, 0.717) is 5.92 Å². The van der Waals surface area contributed by atoms with E-state index >= 15 is 0 Å². The zero-order chi connectivity index (χ0) is 12.4. The molecule has 0 aliphatic carbocycles. The third-order valence-corrected chi connectivity index (χ3v) is 3.06. The van der Waals surface area contributed by atoms with E-state index in [1.807, 2.05) is 18.2 Å². The minimum atomic E-state index is 0.176. The van der Waals surface area contributed by atoms with Crippen LogP contribution in [0, 0.1) is 5.92 Å². The summed E-state index contributed by atoms with van der Waals surface area (Å²) in [5.74, 6) is 1.35. The van der Waals surface area contributed by atoms with Gasteiger partial charge in [-0.25, -0.2) is 0 Å². The van der Waals surface area contributed by atoms with Gasteiger partial charge < -0.3 is 10.5 Å². The molecule has 3 nitrogen and oxygen atoms in total. The van der Waals surface area contributed by atoms with Crippen LogP contribution in [0.4, 0.5) is 5.69 Å². The number of hydrogen-bond donors (Lipinski definition) is 1. The van der Waals surface area contributed by atoms with Gasteiger partial charge in [-0.1, -0.05) is 13.8 Å². The Bertz CT molecular complexity index is 523. The molecule has 0 spiro atoms. The van der Waals surface area contributed by atoms with Crippen molar-refractivity contribution in [2.45, 2.75) is 26.9 Å². The second-order valence-corrected chi connectivity index (χ2v) is 4.64. The van der Waals surface area contributed by atoms with Crippen molar-refractivity contribution in [2.24, 2.45) is 5.92 Å². The van der Waals surface area contributed by atoms with Crippen LogP contribution in [0.25, 0.3) is 10.8 Å². The molecule has 1 aromatic heterocycles. The second kappa shape index (κ2) is 4.62. The summed E-state index contributed by atoms with van der Waals surface area (Å²) in [6.07, 6.45) is 3.71. The summed E-state index contributed by atoms with van der Waals surface area (Å²) in [5, 5.41) is 1.97. The Morgan fingerprint density at radius 3 is 2.59 bits per heavy atom. The van der Waals surface area contributed by atoms with Crippen LogP contribution in [-0.2, 0) is 0 Å². The van der Waals surface area contributed by atoms with Crippen molar-refractivity contribution in [3.63, 3.8) is 0 Å². The second-order valence-electron chi connectivity index (χ2n) is 4.64. The molecule has 1 unspecified atom stereocenters. The minimum Gasteiger partial charge on any atom is -0.490 e. The average Bonchev–Trinajstić information content (AvgIpc) is 2.33. The fourth-order valence-electron chi connectivity index (χ4n) is 1.62. The molecule has 1 heterocycles. The van der Waals surface area contributed by atoms with E-state index in [0.717, 1.165) is 22.2 Å². The number of nitrogens with zero attached hydrogens (tertiary/aromatic N) is 1. The van der Waals surface area contributed by atoms with Gasteiger partial charge in [0.15, 0.2) is 0 Å². The van der Waals surface area contributed by atoms with Crippen LogP contribution in [0.2, 0.25) is 0 Å². The van der Waals surface area contributed by atoms with Gasteiger partial charge in [0.2, 0.25) is 0 Å². The highest BCUT2D eigenvalue weighted by atomic mass is 16.5. The Labute approximate surface area is 102 Å². The molecular formula is C14H18N2O. The van der Waals surface area contributed by atoms with Crippen LogP contribution >= 0.6 is 0 Å². The first-order valence-corrected chi connectivity index (χ1v) is 5.88. The maximum Gasteiger partial charge on any atom is 0.127 e. The van der Waals surface area contributed by atoms with Gasteiger partial charge in [-0.3, -0.25) is 4.98 Å². The van der Waals surface area contributed by atoms with Crippen LogP contribution < -0.4 is 10.5 Å². The van der Waals surface area contributed by atoms with Crippen LogP contribution in [-0.4, -0.2) is 11.1 Å². The van der Waals surface area contributed by atoms with Gasteiger partial charge in [0, 0.05) is 28.9 Å². The summed E-state index contributed by atoms with van der Waals surface area (Å²) in [5.41, 5.74) is 6.65. The first kappa shape index (κ1) is 11.7. The number of nitrogens with two attached hydrogens (primary N) is 1. The zero-order valence-electron chi connectivity index (χ0n) is 10.5. The Morgan fingerprint density at radius 1 is 1.12 bits per heavy atom. The summed E-state index contributed by atoms with van der Waals surface area (Å²) >= 11 is 0. The Balaban J connectivity index is 2.45. The fourth-order valence-corrected chi connectivity index (χ4v) is 1.62. The average molecular weight is 230 g/mol. The summed E-state index contributed by atoms with van der Waals surface area (Å²) < 4.78 is 5.96. The quantitative estimate of drug-likeness (QED) is 0.823. The molecule has 0 radical (unpaired) electrons. The molecule has 0 fully saturated rings. The first-order valence-electron chi connectivity index (χ1n) is 5.88. The molecule has 1 aromatic carbocycles. The fraction of sp³-hybridized carbons (Fsp3) is 0.357. The zero-order valence-corrected chi connectivity index (χ0v) is 10.5. The summed E-state index contributed by atoms with van der Waals surface area (Å²) in [4.78, 5) is 4.09. The predicted molar refractivity (Wildman–Crippen MR) is 71.1 cm³/mol. The minimum absolute atomic E-state index is 0.176. The number of aromatic nitrogens is 1. The number of rotatable bonds is 3. The number of ether oxygens (including phenoxy) is 1. The molecule has 3 heteroatoms. The number of nitrogen functional groups attached to an aromatic ring is 1. The lowest BCUT2D eigenvalue weighted by molar-refractivity contribution is 0.173. The third kappa shape index (κ3) is 2.33. The van der Waals surface area contributed by atoms with Gasteiger partial charge in [0.25, 0.3) is 0 Å². The van der Waals surface area contributed by atoms with E-state index in [-0.39, 0.29) is 6.10 Å². The number of hydrogen-bond acceptors (Lipinski definition) is 3. The maximum atomic E-state index is 5.96. The van der Waals surface area contributed by atoms with Crippen LogP contribution in [0.3, 0.4) is 0 Å². The summed E-state index contributed by atoms with van der Waals surface area (Å²) in [6, 6.07) is 5.73. The van der Waals surface area contributed by atoms with Crippen molar-refractivity contribution in [3.8, 4) is 5.75 Å². The first-order chi connectivity index (χ1) is 8.09. The molecular weight excluding hydrogens is 212 g/mol. The normalized spacial score (nSPS) is 12.9. The standard InChI is InChI=1S/C14H18N2O/c1-9(2)10(3)17-14-5-4-13(15)12-8-16-7-6-11(12)14/h4-10H,15H2,1-3H3. The van der Waals surface area contributed by atoms with Gasteiger partial charge in [-0.2, -0.15) is 0 Å². The van der Waals surface area contributed by atoms with Crippen LogP contribution in [0.15, 0.2) is 30.6 Å². The molecule has 0 saturated heterocycles. The van der Waals surface area contributed by atoms with Gasteiger partial charge >= 0.3 is 0 Å². The van der Waals surface area contributed by atoms with Crippen LogP contribution in [0.1, 0.15) is 20.8 Å². The number of anilines is 1. The van der Waals surface area contributed by atoms with Crippen molar-refractivity contribution in [2.75, 3.05) is 5.73 Å². The molecule has 0 amide bonds. The van der Waals surface area contributed by atoms with Crippen molar-refractivity contribution in [1.29, 1.82) is 0 Å². The SMILES string of the molecule is CC(C)C(C)Oc1ccc(N)c2cnccc12. The lowest BCUT2D eigenvalue weighted by Crippen LogP contribution is -2.18. The highest BCUT2D eigenvalue weighted by Crippen LogP contribution is 2.30. The van der Waals surface area contributed by atoms with E-state index in [2.05, 4.69) is 25.8 Å². The maximum absolute atomic E-state index is 5.96. The molecule has 2 rings (SSSR count). The molecule has 17 heavy (non-hydrogen) atoms. The van der Waals surface area contributed by atoms with Crippen molar-refractivity contribution < 1.29 is 4.74 Å². The Morgan fingerprint density at radius 2 is 1.88 bits per heavy atom. The van der Waals surface area contributed by atoms with Crippen molar-refractivity contribution in [1.82, 2.24) is 4.98 Å². The molecule has 1 atom stereocenters. The molecule has 90 valence electrons.